The summed E-state index contributed by atoms with van der Waals surface area (Å²) in [6, 6.07) is 0. The first-order valence-corrected chi connectivity index (χ1v) is 5.73. The Labute approximate surface area is 89.1 Å². The lowest BCUT2D eigenvalue weighted by molar-refractivity contribution is 0.148. The fourth-order valence-electron chi connectivity index (χ4n) is 1.57. The number of hydrogen-bond acceptors (Lipinski definition) is 0. The normalized spacial score (nSPS) is 20.1. The lowest BCUT2D eigenvalue weighted by Gasteiger charge is -2.43. The molecule has 0 saturated heterocycles. The van der Waals surface area contributed by atoms with Crippen molar-refractivity contribution in [1.29, 1.82) is 0 Å². The second kappa shape index (κ2) is 4.21. The monoisotopic (exact) mass is 204 g/mol. The van der Waals surface area contributed by atoms with E-state index in [0.29, 0.717) is 17.3 Å². The minimum atomic E-state index is -0.0838. The van der Waals surface area contributed by atoms with Crippen LogP contribution in [-0.4, -0.2) is 4.87 Å². The van der Waals surface area contributed by atoms with Crippen LogP contribution in [0.3, 0.4) is 0 Å². The van der Waals surface area contributed by atoms with Crippen molar-refractivity contribution in [3.8, 4) is 0 Å². The SMILES string of the molecule is CCC(C)(C)C(C)C(C)(Cl)C(C)C. The molecule has 0 aliphatic heterocycles. The largest absolute Gasteiger partial charge is 0.119 e. The molecule has 0 spiro atoms. The summed E-state index contributed by atoms with van der Waals surface area (Å²) in [7, 11) is 0. The average Bonchev–Trinajstić information content (AvgIpc) is 2.02. The van der Waals surface area contributed by atoms with Crippen molar-refractivity contribution in [3.05, 3.63) is 0 Å². The molecular weight excluding hydrogens is 180 g/mol. The van der Waals surface area contributed by atoms with Crippen LogP contribution in [0.15, 0.2) is 0 Å². The summed E-state index contributed by atoms with van der Waals surface area (Å²) in [6.07, 6.45) is 1.18. The molecule has 13 heavy (non-hydrogen) atoms. The first-order chi connectivity index (χ1) is 5.66. The molecule has 0 rings (SSSR count). The summed E-state index contributed by atoms with van der Waals surface area (Å²) in [4.78, 5) is -0.0838. The highest BCUT2D eigenvalue weighted by molar-refractivity contribution is 6.24. The maximum atomic E-state index is 6.58. The number of halogens is 1. The highest BCUT2D eigenvalue weighted by atomic mass is 35.5. The summed E-state index contributed by atoms with van der Waals surface area (Å²) < 4.78 is 0. The van der Waals surface area contributed by atoms with E-state index < -0.39 is 0 Å². The minimum absolute atomic E-state index is 0.0838. The molecule has 0 nitrogen and oxygen atoms in total. The molecule has 0 aromatic heterocycles. The number of rotatable bonds is 4. The van der Waals surface area contributed by atoms with Crippen LogP contribution in [0.25, 0.3) is 0 Å². The second-order valence-electron chi connectivity index (χ2n) is 5.37. The van der Waals surface area contributed by atoms with E-state index in [2.05, 4.69) is 48.5 Å². The molecule has 0 bridgehead atoms. The highest BCUT2D eigenvalue weighted by Gasteiger charge is 2.40. The molecule has 1 heteroatoms. The van der Waals surface area contributed by atoms with Gasteiger partial charge >= 0.3 is 0 Å². The molecule has 2 unspecified atom stereocenters. The van der Waals surface area contributed by atoms with Gasteiger partial charge in [-0.25, -0.2) is 0 Å². The minimum Gasteiger partial charge on any atom is -0.119 e. The van der Waals surface area contributed by atoms with E-state index in [9.17, 15) is 0 Å². The molecule has 0 heterocycles. The Hall–Kier alpha value is 0.290. The molecule has 0 aromatic carbocycles. The van der Waals surface area contributed by atoms with Crippen molar-refractivity contribution in [2.45, 2.75) is 59.8 Å². The summed E-state index contributed by atoms with van der Waals surface area (Å²) in [5.74, 6) is 1.06. The Morgan fingerprint density at radius 1 is 1.08 bits per heavy atom. The zero-order valence-electron chi connectivity index (χ0n) is 10.2. The van der Waals surface area contributed by atoms with Crippen molar-refractivity contribution in [2.75, 3.05) is 0 Å². The van der Waals surface area contributed by atoms with E-state index in [0.717, 1.165) is 0 Å². The predicted molar refractivity (Wildman–Crippen MR) is 62.3 cm³/mol. The van der Waals surface area contributed by atoms with Crippen molar-refractivity contribution >= 4 is 11.6 Å². The Morgan fingerprint density at radius 3 is 1.69 bits per heavy atom. The zero-order chi connectivity index (χ0) is 10.9. The van der Waals surface area contributed by atoms with Crippen LogP contribution in [-0.2, 0) is 0 Å². The third-order valence-corrected chi connectivity index (χ3v) is 4.82. The van der Waals surface area contributed by atoms with E-state index in [-0.39, 0.29) is 4.87 Å². The van der Waals surface area contributed by atoms with Crippen molar-refractivity contribution < 1.29 is 0 Å². The second-order valence-corrected chi connectivity index (χ2v) is 6.18. The number of hydrogen-bond donors (Lipinski definition) is 0. The molecule has 0 fully saturated rings. The molecule has 0 aliphatic carbocycles. The van der Waals surface area contributed by atoms with Gasteiger partial charge in [-0.3, -0.25) is 0 Å². The van der Waals surface area contributed by atoms with Gasteiger partial charge in [0, 0.05) is 4.87 Å². The van der Waals surface area contributed by atoms with Gasteiger partial charge in [-0.15, -0.1) is 11.6 Å². The third kappa shape index (κ3) is 2.87. The zero-order valence-corrected chi connectivity index (χ0v) is 11.0. The van der Waals surface area contributed by atoms with Gasteiger partial charge in [0.25, 0.3) is 0 Å². The van der Waals surface area contributed by atoms with E-state index >= 15 is 0 Å². The van der Waals surface area contributed by atoms with Crippen molar-refractivity contribution in [3.63, 3.8) is 0 Å². The van der Waals surface area contributed by atoms with Crippen LogP contribution >= 0.6 is 11.6 Å². The Morgan fingerprint density at radius 2 is 1.46 bits per heavy atom. The Bertz CT molecular complexity index is 157. The fraction of sp³-hybridized carbons (Fsp3) is 1.00. The molecule has 2 atom stereocenters. The molecule has 80 valence electrons. The van der Waals surface area contributed by atoms with Gasteiger partial charge in [0.2, 0.25) is 0 Å². The Kier molecular flexibility index (Phi) is 4.30. The molecule has 0 N–H and O–H groups in total. The summed E-state index contributed by atoms with van der Waals surface area (Å²) >= 11 is 6.58. The van der Waals surface area contributed by atoms with Crippen LogP contribution in [0.4, 0.5) is 0 Å². The van der Waals surface area contributed by atoms with Crippen LogP contribution in [0, 0.1) is 17.3 Å². The van der Waals surface area contributed by atoms with E-state index in [1.807, 2.05) is 0 Å². The summed E-state index contributed by atoms with van der Waals surface area (Å²) in [6.45, 7) is 15.7. The predicted octanol–water partition coefficient (Wildman–Crippen LogP) is 4.71. The first-order valence-electron chi connectivity index (χ1n) is 5.35. The van der Waals surface area contributed by atoms with Crippen LogP contribution in [0.2, 0.25) is 0 Å². The molecule has 0 aliphatic rings. The molecule has 0 radical (unpaired) electrons. The first kappa shape index (κ1) is 13.3. The summed E-state index contributed by atoms with van der Waals surface area (Å²) in [5, 5.41) is 0. The van der Waals surface area contributed by atoms with Crippen molar-refractivity contribution in [2.24, 2.45) is 17.3 Å². The van der Waals surface area contributed by atoms with Gasteiger partial charge in [-0.2, -0.15) is 0 Å². The average molecular weight is 205 g/mol. The van der Waals surface area contributed by atoms with Gasteiger partial charge < -0.3 is 0 Å². The molecular formula is C12H25Cl. The quantitative estimate of drug-likeness (QED) is 0.582. The van der Waals surface area contributed by atoms with Crippen LogP contribution < -0.4 is 0 Å². The number of alkyl halides is 1. The van der Waals surface area contributed by atoms with Gasteiger partial charge in [0.15, 0.2) is 0 Å². The van der Waals surface area contributed by atoms with Gasteiger partial charge in [0.1, 0.15) is 0 Å². The maximum Gasteiger partial charge on any atom is 0.0472 e. The highest BCUT2D eigenvalue weighted by Crippen LogP contribution is 2.44. The lowest BCUT2D eigenvalue weighted by Crippen LogP contribution is -2.40. The smallest absolute Gasteiger partial charge is 0.0472 e. The van der Waals surface area contributed by atoms with E-state index in [1.165, 1.54) is 6.42 Å². The van der Waals surface area contributed by atoms with Crippen molar-refractivity contribution in [1.82, 2.24) is 0 Å². The molecule has 0 saturated carbocycles. The topological polar surface area (TPSA) is 0 Å². The third-order valence-electron chi connectivity index (χ3n) is 4.06. The maximum absolute atomic E-state index is 6.58. The van der Waals surface area contributed by atoms with E-state index in [1.54, 1.807) is 0 Å². The summed E-state index contributed by atoms with van der Waals surface area (Å²) in [5.41, 5.74) is 0.334. The van der Waals surface area contributed by atoms with Gasteiger partial charge in [-0.1, -0.05) is 48.0 Å². The molecule has 0 amide bonds. The molecule has 0 aromatic rings. The van der Waals surface area contributed by atoms with Gasteiger partial charge in [-0.05, 0) is 24.2 Å². The van der Waals surface area contributed by atoms with Crippen LogP contribution in [0.1, 0.15) is 54.9 Å². The fourth-order valence-corrected chi connectivity index (χ4v) is 1.87. The van der Waals surface area contributed by atoms with E-state index in [4.69, 9.17) is 11.6 Å². The van der Waals surface area contributed by atoms with Crippen LogP contribution in [0.5, 0.6) is 0 Å². The lowest BCUT2D eigenvalue weighted by atomic mass is 9.68. The van der Waals surface area contributed by atoms with Gasteiger partial charge in [0.05, 0.1) is 0 Å². The standard InChI is InChI=1S/C12H25Cl/c1-8-11(5,6)10(4)12(7,13)9(2)3/h9-10H,8H2,1-7H3. The Balaban J connectivity index is 4.67.